The van der Waals surface area contributed by atoms with Crippen LogP contribution in [0.15, 0.2) is 59.6 Å². The van der Waals surface area contributed by atoms with Crippen molar-refractivity contribution in [1.82, 2.24) is 0 Å². The molecule has 3 rings (SSSR count). The van der Waals surface area contributed by atoms with Gasteiger partial charge in [0.25, 0.3) is 0 Å². The molecular formula is C19H19N3O3S. The van der Waals surface area contributed by atoms with E-state index in [1.165, 1.54) is 16.7 Å². The highest BCUT2D eigenvalue weighted by Crippen LogP contribution is 2.31. The maximum atomic E-state index is 12.7. The van der Waals surface area contributed by atoms with Gasteiger partial charge in [-0.05, 0) is 24.3 Å². The molecular weight excluding hydrogens is 350 g/mol. The second-order valence-electron chi connectivity index (χ2n) is 5.57. The number of nitrogens with zero attached hydrogens (tertiary/aromatic N) is 2. The number of amides is 2. The van der Waals surface area contributed by atoms with Crippen LogP contribution in [-0.4, -0.2) is 36.4 Å². The average Bonchev–Trinajstić information content (AvgIpc) is 2.95. The molecule has 1 saturated heterocycles. The normalized spacial score (nSPS) is 17.5. The molecule has 2 aromatic rings. The van der Waals surface area contributed by atoms with E-state index >= 15 is 0 Å². The fraction of sp³-hybridized carbons (Fsp3) is 0.211. The number of carbonyl (C=O) groups is 2. The summed E-state index contributed by atoms with van der Waals surface area (Å²) in [6, 6.07) is 16.4. The third-order valence-corrected chi connectivity index (χ3v) is 5.09. The Balaban J connectivity index is 1.73. The van der Waals surface area contributed by atoms with Crippen LogP contribution in [0, 0.1) is 0 Å². The molecule has 0 unspecified atom stereocenters. The minimum absolute atomic E-state index is 0.144. The van der Waals surface area contributed by atoms with Gasteiger partial charge < -0.3 is 10.1 Å². The summed E-state index contributed by atoms with van der Waals surface area (Å²) in [5, 5.41) is 3.21. The van der Waals surface area contributed by atoms with Crippen molar-refractivity contribution < 1.29 is 14.3 Å². The zero-order chi connectivity index (χ0) is 18.5. The minimum atomic E-state index is -0.511. The number of imide groups is 1. The molecule has 0 saturated carbocycles. The molecule has 0 radical (unpaired) electrons. The molecule has 0 spiro atoms. The molecule has 2 amide bonds. The third-order valence-electron chi connectivity index (χ3n) is 3.93. The number of nitrogens with one attached hydrogen (secondary N) is 1. The Bertz CT molecular complexity index is 839. The van der Waals surface area contributed by atoms with Gasteiger partial charge in [0.05, 0.1) is 18.5 Å². The molecule has 2 aromatic carbocycles. The van der Waals surface area contributed by atoms with Gasteiger partial charge in [-0.3, -0.25) is 14.6 Å². The van der Waals surface area contributed by atoms with Crippen LogP contribution in [0.4, 0.5) is 11.4 Å². The van der Waals surface area contributed by atoms with Crippen molar-refractivity contribution in [3.63, 3.8) is 0 Å². The Morgan fingerprint density at radius 2 is 1.85 bits per heavy atom. The molecule has 1 fully saturated rings. The molecule has 0 aliphatic carbocycles. The van der Waals surface area contributed by atoms with Crippen molar-refractivity contribution in [2.24, 2.45) is 4.99 Å². The van der Waals surface area contributed by atoms with Gasteiger partial charge in [0.1, 0.15) is 11.0 Å². The van der Waals surface area contributed by atoms with Gasteiger partial charge in [0.15, 0.2) is 5.17 Å². The van der Waals surface area contributed by atoms with Gasteiger partial charge in [0, 0.05) is 13.5 Å². The minimum Gasteiger partial charge on any atom is -0.495 e. The molecule has 0 bridgehead atoms. The Hall–Kier alpha value is -2.80. The predicted molar refractivity (Wildman–Crippen MR) is 105 cm³/mol. The quantitative estimate of drug-likeness (QED) is 0.509. The summed E-state index contributed by atoms with van der Waals surface area (Å²) >= 11 is 1.25. The molecule has 134 valence electrons. The molecule has 1 aliphatic rings. The number of methoxy groups -OCH3 is 1. The SMILES string of the molecule is CN=C(Nc1ccccc1OC)S[C@H]1CC(=O)N(c2ccccc2)C1=O. The Morgan fingerprint density at radius 3 is 2.54 bits per heavy atom. The van der Waals surface area contributed by atoms with Crippen LogP contribution in [0.5, 0.6) is 5.75 Å². The van der Waals surface area contributed by atoms with Crippen molar-refractivity contribution in [3.8, 4) is 5.75 Å². The lowest BCUT2D eigenvalue weighted by atomic mass is 10.3. The van der Waals surface area contributed by atoms with E-state index in [0.717, 1.165) is 5.69 Å². The zero-order valence-corrected chi connectivity index (χ0v) is 15.3. The van der Waals surface area contributed by atoms with Crippen molar-refractivity contribution >= 4 is 40.1 Å². The van der Waals surface area contributed by atoms with E-state index in [2.05, 4.69) is 10.3 Å². The molecule has 1 heterocycles. The van der Waals surface area contributed by atoms with Crippen LogP contribution in [-0.2, 0) is 9.59 Å². The fourth-order valence-electron chi connectivity index (χ4n) is 2.68. The maximum Gasteiger partial charge on any atom is 0.247 e. The summed E-state index contributed by atoms with van der Waals surface area (Å²) < 4.78 is 5.32. The Morgan fingerprint density at radius 1 is 1.15 bits per heavy atom. The first-order valence-corrected chi connectivity index (χ1v) is 8.97. The standard InChI is InChI=1S/C19H19N3O3S/c1-20-19(21-14-10-6-7-11-15(14)25-2)26-16-12-17(23)22(18(16)24)13-8-4-3-5-9-13/h3-11,16H,12H2,1-2H3,(H,20,21)/t16-/m0/s1. The van der Waals surface area contributed by atoms with Crippen LogP contribution < -0.4 is 15.0 Å². The third kappa shape index (κ3) is 3.72. The number of thioether (sulfide) groups is 1. The monoisotopic (exact) mass is 369 g/mol. The van der Waals surface area contributed by atoms with E-state index in [1.807, 2.05) is 30.3 Å². The lowest BCUT2D eigenvalue weighted by Gasteiger charge is -2.16. The van der Waals surface area contributed by atoms with Crippen LogP contribution in [0.25, 0.3) is 0 Å². The summed E-state index contributed by atoms with van der Waals surface area (Å²) in [4.78, 5) is 30.5. The average molecular weight is 369 g/mol. The number of anilines is 2. The number of ether oxygens (including phenoxy) is 1. The molecule has 1 aliphatic heterocycles. The second kappa shape index (κ2) is 8.05. The van der Waals surface area contributed by atoms with Crippen molar-refractivity contribution in [2.45, 2.75) is 11.7 Å². The van der Waals surface area contributed by atoms with Crippen LogP contribution in [0.3, 0.4) is 0 Å². The highest BCUT2D eigenvalue weighted by Gasteiger charge is 2.40. The number of para-hydroxylation sites is 3. The number of carbonyl (C=O) groups excluding carboxylic acids is 2. The smallest absolute Gasteiger partial charge is 0.247 e. The molecule has 1 atom stereocenters. The predicted octanol–water partition coefficient (Wildman–Crippen LogP) is 3.16. The van der Waals surface area contributed by atoms with E-state index in [9.17, 15) is 9.59 Å². The largest absolute Gasteiger partial charge is 0.495 e. The molecule has 7 heteroatoms. The van der Waals surface area contributed by atoms with E-state index in [-0.39, 0.29) is 18.2 Å². The van der Waals surface area contributed by atoms with Crippen LogP contribution in [0.1, 0.15) is 6.42 Å². The first-order chi connectivity index (χ1) is 12.6. The summed E-state index contributed by atoms with van der Waals surface area (Å²) in [6.07, 6.45) is 0.144. The van der Waals surface area contributed by atoms with Gasteiger partial charge in [-0.25, -0.2) is 4.90 Å². The van der Waals surface area contributed by atoms with Gasteiger partial charge >= 0.3 is 0 Å². The number of amidine groups is 1. The molecule has 1 N–H and O–H groups in total. The maximum absolute atomic E-state index is 12.7. The van der Waals surface area contributed by atoms with Gasteiger partial charge in [-0.2, -0.15) is 0 Å². The number of aliphatic imine (C=N–C) groups is 1. The molecule has 6 nitrogen and oxygen atoms in total. The highest BCUT2D eigenvalue weighted by molar-refractivity contribution is 8.15. The molecule has 0 aromatic heterocycles. The Kier molecular flexibility index (Phi) is 5.58. The van der Waals surface area contributed by atoms with Crippen molar-refractivity contribution in [1.29, 1.82) is 0 Å². The number of hydrogen-bond donors (Lipinski definition) is 1. The highest BCUT2D eigenvalue weighted by atomic mass is 32.2. The number of rotatable bonds is 4. The number of benzene rings is 2. The fourth-order valence-corrected chi connectivity index (χ4v) is 3.66. The first kappa shape index (κ1) is 18.0. The van der Waals surface area contributed by atoms with Gasteiger partial charge in [-0.15, -0.1) is 0 Å². The molecule has 26 heavy (non-hydrogen) atoms. The van der Waals surface area contributed by atoms with E-state index in [1.54, 1.807) is 38.4 Å². The van der Waals surface area contributed by atoms with E-state index in [4.69, 9.17) is 4.74 Å². The zero-order valence-electron chi connectivity index (χ0n) is 14.5. The van der Waals surface area contributed by atoms with Gasteiger partial charge in [-0.1, -0.05) is 42.1 Å². The van der Waals surface area contributed by atoms with Crippen molar-refractivity contribution in [3.05, 3.63) is 54.6 Å². The lowest BCUT2D eigenvalue weighted by Crippen LogP contribution is -2.31. The van der Waals surface area contributed by atoms with Crippen LogP contribution in [0.2, 0.25) is 0 Å². The van der Waals surface area contributed by atoms with Gasteiger partial charge in [0.2, 0.25) is 11.8 Å². The topological polar surface area (TPSA) is 71.0 Å². The summed E-state index contributed by atoms with van der Waals surface area (Å²) in [7, 11) is 3.23. The second-order valence-corrected chi connectivity index (χ2v) is 6.76. The van der Waals surface area contributed by atoms with Crippen LogP contribution >= 0.6 is 11.8 Å². The summed E-state index contributed by atoms with van der Waals surface area (Å²) in [5.41, 5.74) is 1.35. The first-order valence-electron chi connectivity index (χ1n) is 8.09. The van der Waals surface area contributed by atoms with Crippen molar-refractivity contribution in [2.75, 3.05) is 24.4 Å². The Labute approximate surface area is 156 Å². The number of hydrogen-bond acceptors (Lipinski definition) is 5. The lowest BCUT2D eigenvalue weighted by molar-refractivity contribution is -0.121. The van der Waals surface area contributed by atoms with E-state index < -0.39 is 5.25 Å². The summed E-state index contributed by atoms with van der Waals surface area (Å²) in [5.74, 6) is 0.245. The summed E-state index contributed by atoms with van der Waals surface area (Å²) in [6.45, 7) is 0. The van der Waals surface area contributed by atoms with E-state index in [0.29, 0.717) is 16.6 Å².